The van der Waals surface area contributed by atoms with Crippen LogP contribution in [0.25, 0.3) is 10.2 Å². The highest BCUT2D eigenvalue weighted by atomic mass is 32.2. The molecule has 0 atom stereocenters. The van der Waals surface area contributed by atoms with E-state index in [1.807, 2.05) is 29.9 Å². The molecule has 1 amide bonds. The van der Waals surface area contributed by atoms with Crippen LogP contribution in [0.5, 0.6) is 0 Å². The number of nitro benzene ring substituents is 1. The summed E-state index contributed by atoms with van der Waals surface area (Å²) in [5.74, 6) is -0.337. The second kappa shape index (κ2) is 9.13. The Bertz CT molecular complexity index is 1090. The number of aromatic nitrogens is 1. The van der Waals surface area contributed by atoms with Crippen molar-refractivity contribution in [2.75, 3.05) is 19.5 Å². The van der Waals surface area contributed by atoms with E-state index in [2.05, 4.69) is 4.99 Å². The summed E-state index contributed by atoms with van der Waals surface area (Å²) in [6.07, 6.45) is 1.91. The summed E-state index contributed by atoms with van der Waals surface area (Å²) in [4.78, 5) is 29.2. The van der Waals surface area contributed by atoms with Crippen molar-refractivity contribution in [1.29, 1.82) is 0 Å². The normalized spacial score (nSPS) is 11.9. The lowest BCUT2D eigenvalue weighted by molar-refractivity contribution is -0.384. The Morgan fingerprint density at radius 3 is 2.82 bits per heavy atom. The number of carbonyl (C=O) groups excluding carboxylic acids is 1. The highest BCUT2D eigenvalue weighted by Crippen LogP contribution is 2.24. The zero-order valence-corrected chi connectivity index (χ0v) is 17.1. The molecule has 0 unspecified atom stereocenters. The van der Waals surface area contributed by atoms with E-state index in [0.717, 1.165) is 9.60 Å². The molecule has 0 radical (unpaired) electrons. The molecule has 1 heterocycles. The third-order valence-electron chi connectivity index (χ3n) is 4.07. The Hall–Kier alpha value is -2.49. The van der Waals surface area contributed by atoms with E-state index >= 15 is 0 Å². The van der Waals surface area contributed by atoms with Gasteiger partial charge in [0.05, 0.1) is 27.3 Å². The van der Waals surface area contributed by atoms with Gasteiger partial charge in [-0.05, 0) is 31.4 Å². The molecule has 2 aromatic carbocycles. The number of hydrogen-bond donors (Lipinski definition) is 0. The number of benzene rings is 2. The van der Waals surface area contributed by atoms with Crippen LogP contribution in [0.2, 0.25) is 0 Å². The predicted molar refractivity (Wildman–Crippen MR) is 111 cm³/mol. The van der Waals surface area contributed by atoms with E-state index in [1.165, 1.54) is 35.2 Å². The minimum absolute atomic E-state index is 0.000986. The number of nitro groups is 1. The molecule has 0 aliphatic rings. The minimum atomic E-state index is -0.430. The van der Waals surface area contributed by atoms with Gasteiger partial charge in [0.15, 0.2) is 4.80 Å². The standard InChI is InChI=1S/C19H19N3O4S2/c1-3-26-11-10-21-15-12-13(22(24)25)8-9-17(15)28-19(21)20-18(23)14-6-4-5-7-16(14)27-2/h4-9,12H,3,10-11H2,1-2H3. The number of amides is 1. The molecule has 9 heteroatoms. The van der Waals surface area contributed by atoms with Crippen LogP contribution in [0.4, 0.5) is 5.69 Å². The molecule has 7 nitrogen and oxygen atoms in total. The number of rotatable bonds is 7. The molecular formula is C19H19N3O4S2. The summed E-state index contributed by atoms with van der Waals surface area (Å²) in [5, 5.41) is 11.2. The molecule has 146 valence electrons. The second-order valence-corrected chi connectivity index (χ2v) is 7.62. The van der Waals surface area contributed by atoms with Gasteiger partial charge in [0, 0.05) is 30.2 Å². The van der Waals surface area contributed by atoms with Gasteiger partial charge in [0.1, 0.15) is 0 Å². The van der Waals surface area contributed by atoms with Crippen molar-refractivity contribution in [1.82, 2.24) is 4.57 Å². The van der Waals surface area contributed by atoms with Crippen LogP contribution in [0.3, 0.4) is 0 Å². The van der Waals surface area contributed by atoms with Gasteiger partial charge in [-0.3, -0.25) is 14.9 Å². The molecule has 0 saturated carbocycles. The molecule has 0 bridgehead atoms. The van der Waals surface area contributed by atoms with Crippen LogP contribution in [-0.2, 0) is 11.3 Å². The molecule has 1 aromatic heterocycles. The number of thioether (sulfide) groups is 1. The Morgan fingerprint density at radius 1 is 1.32 bits per heavy atom. The third-order valence-corrected chi connectivity index (χ3v) is 5.93. The fourth-order valence-corrected chi connectivity index (χ4v) is 4.37. The van der Waals surface area contributed by atoms with Gasteiger partial charge in [-0.2, -0.15) is 4.99 Å². The quantitative estimate of drug-likeness (QED) is 0.250. The lowest BCUT2D eigenvalue weighted by Crippen LogP contribution is -2.20. The second-order valence-electron chi connectivity index (χ2n) is 5.76. The first-order chi connectivity index (χ1) is 13.5. The van der Waals surface area contributed by atoms with Gasteiger partial charge in [-0.1, -0.05) is 23.5 Å². The maximum absolute atomic E-state index is 12.8. The summed E-state index contributed by atoms with van der Waals surface area (Å²) in [6.45, 7) is 3.34. The number of non-ortho nitro benzene ring substituents is 1. The SMILES string of the molecule is CCOCCn1c(=NC(=O)c2ccccc2SC)sc2ccc([N+](=O)[O-])cc21. The summed E-state index contributed by atoms with van der Waals surface area (Å²) >= 11 is 2.82. The summed E-state index contributed by atoms with van der Waals surface area (Å²) in [6, 6.07) is 12.0. The average Bonchev–Trinajstić information content (AvgIpc) is 3.04. The van der Waals surface area contributed by atoms with Crippen molar-refractivity contribution >= 4 is 44.9 Å². The average molecular weight is 418 g/mol. The van der Waals surface area contributed by atoms with Crippen molar-refractivity contribution in [3.8, 4) is 0 Å². The van der Waals surface area contributed by atoms with Crippen molar-refractivity contribution < 1.29 is 14.5 Å². The topological polar surface area (TPSA) is 86.7 Å². The summed E-state index contributed by atoms with van der Waals surface area (Å²) in [7, 11) is 0. The lowest BCUT2D eigenvalue weighted by Gasteiger charge is -2.06. The first kappa shape index (κ1) is 20.2. The molecule has 0 aliphatic heterocycles. The van der Waals surface area contributed by atoms with Crippen LogP contribution in [0, 0.1) is 10.1 Å². The maximum Gasteiger partial charge on any atom is 0.280 e. The van der Waals surface area contributed by atoms with Gasteiger partial charge < -0.3 is 9.30 Å². The Kier molecular flexibility index (Phi) is 6.61. The van der Waals surface area contributed by atoms with Crippen LogP contribution in [-0.4, -0.2) is 34.9 Å². The number of carbonyl (C=O) groups is 1. The minimum Gasteiger partial charge on any atom is -0.380 e. The number of ether oxygens (including phenoxy) is 1. The smallest absolute Gasteiger partial charge is 0.280 e. The largest absolute Gasteiger partial charge is 0.380 e. The first-order valence-electron chi connectivity index (χ1n) is 8.62. The van der Waals surface area contributed by atoms with E-state index in [0.29, 0.717) is 35.6 Å². The lowest BCUT2D eigenvalue weighted by atomic mass is 10.2. The van der Waals surface area contributed by atoms with Gasteiger partial charge in [-0.15, -0.1) is 11.8 Å². The van der Waals surface area contributed by atoms with Gasteiger partial charge in [0.25, 0.3) is 11.6 Å². The highest BCUT2D eigenvalue weighted by molar-refractivity contribution is 7.98. The Labute approximate surface area is 169 Å². The number of thiazole rings is 1. The van der Waals surface area contributed by atoms with E-state index in [-0.39, 0.29) is 11.6 Å². The zero-order valence-electron chi connectivity index (χ0n) is 15.5. The van der Waals surface area contributed by atoms with Crippen molar-refractivity contribution in [3.63, 3.8) is 0 Å². The molecule has 0 spiro atoms. The molecule has 3 rings (SSSR count). The van der Waals surface area contributed by atoms with Gasteiger partial charge in [-0.25, -0.2) is 0 Å². The number of nitrogens with zero attached hydrogens (tertiary/aromatic N) is 3. The molecule has 0 N–H and O–H groups in total. The Balaban J connectivity index is 2.12. The fourth-order valence-electron chi connectivity index (χ4n) is 2.74. The van der Waals surface area contributed by atoms with Crippen molar-refractivity contribution in [2.24, 2.45) is 4.99 Å². The van der Waals surface area contributed by atoms with Crippen LogP contribution >= 0.6 is 23.1 Å². The van der Waals surface area contributed by atoms with Gasteiger partial charge >= 0.3 is 0 Å². The fraction of sp³-hybridized carbons (Fsp3) is 0.263. The summed E-state index contributed by atoms with van der Waals surface area (Å²) in [5.41, 5.74) is 1.21. The number of fused-ring (bicyclic) bond motifs is 1. The molecule has 0 aliphatic carbocycles. The van der Waals surface area contributed by atoms with Crippen LogP contribution < -0.4 is 4.80 Å². The van der Waals surface area contributed by atoms with E-state index in [4.69, 9.17) is 4.74 Å². The van der Waals surface area contributed by atoms with Crippen molar-refractivity contribution in [2.45, 2.75) is 18.4 Å². The maximum atomic E-state index is 12.8. The van der Waals surface area contributed by atoms with Crippen LogP contribution in [0.1, 0.15) is 17.3 Å². The molecular weight excluding hydrogens is 398 g/mol. The predicted octanol–water partition coefficient (Wildman–Crippen LogP) is 4.11. The molecule has 0 fully saturated rings. The molecule has 0 saturated heterocycles. The molecule has 28 heavy (non-hydrogen) atoms. The van der Waals surface area contributed by atoms with E-state index < -0.39 is 4.92 Å². The number of hydrogen-bond acceptors (Lipinski definition) is 6. The van der Waals surface area contributed by atoms with Crippen LogP contribution in [0.15, 0.2) is 52.4 Å². The zero-order chi connectivity index (χ0) is 20.1. The highest BCUT2D eigenvalue weighted by Gasteiger charge is 2.14. The van der Waals surface area contributed by atoms with Crippen molar-refractivity contribution in [3.05, 3.63) is 62.9 Å². The van der Waals surface area contributed by atoms with Gasteiger partial charge in [0.2, 0.25) is 0 Å². The molecule has 3 aromatic rings. The van der Waals surface area contributed by atoms with E-state index in [1.54, 1.807) is 18.2 Å². The summed E-state index contributed by atoms with van der Waals surface area (Å²) < 4.78 is 8.07. The third kappa shape index (κ3) is 4.32. The van der Waals surface area contributed by atoms with E-state index in [9.17, 15) is 14.9 Å². The monoisotopic (exact) mass is 417 g/mol. The first-order valence-corrected chi connectivity index (χ1v) is 10.7. The Morgan fingerprint density at radius 2 is 2.11 bits per heavy atom.